The Hall–Kier alpha value is -1.07. The van der Waals surface area contributed by atoms with Gasteiger partial charge in [0.2, 0.25) is 0 Å². The van der Waals surface area contributed by atoms with E-state index in [1.54, 1.807) is 0 Å². The minimum Gasteiger partial charge on any atom is -0.459 e. The van der Waals surface area contributed by atoms with E-state index in [1.807, 2.05) is 38.4 Å². The molecule has 0 radical (unpaired) electrons. The monoisotopic (exact) mass is 281 g/mol. The number of fused-ring (bicyclic) bond motifs is 1. The number of hydrogen-bond acceptors (Lipinski definition) is 4. The molecule has 1 aromatic carbocycles. The molecule has 5 heteroatoms. The topological polar surface area (TPSA) is 54.4 Å². The van der Waals surface area contributed by atoms with Gasteiger partial charge in [0, 0.05) is 15.9 Å². The number of furan rings is 1. The van der Waals surface area contributed by atoms with Gasteiger partial charge >= 0.3 is 0 Å². The number of nitrogens with one attached hydrogen (secondary N) is 1. The molecule has 2 rings (SSSR count). The quantitative estimate of drug-likeness (QED) is 0.668. The Morgan fingerprint density at radius 3 is 2.58 bits per heavy atom. The minimum absolute atomic E-state index is 0.117. The van der Waals surface area contributed by atoms with Gasteiger partial charge in [0.05, 0.1) is 6.04 Å². The summed E-state index contributed by atoms with van der Waals surface area (Å²) in [5.74, 6) is 6.52. The van der Waals surface area contributed by atoms with E-state index in [-0.39, 0.29) is 11.6 Å². The summed E-state index contributed by atoms with van der Waals surface area (Å²) in [4.78, 5) is 2.11. The van der Waals surface area contributed by atoms with Gasteiger partial charge < -0.3 is 9.32 Å². The average Bonchev–Trinajstić information content (AvgIpc) is 2.71. The summed E-state index contributed by atoms with van der Waals surface area (Å²) in [6, 6.07) is 7.45. The Bertz CT molecular complexity index is 577. The number of likely N-dealkylation sites (N-methyl/N-ethyl adjacent to an activating group) is 1. The summed E-state index contributed by atoms with van der Waals surface area (Å²) in [6.45, 7) is 4.22. The van der Waals surface area contributed by atoms with Crippen LogP contribution in [0.3, 0.4) is 0 Å². The van der Waals surface area contributed by atoms with Gasteiger partial charge in [0.15, 0.2) is 0 Å². The molecular weight excluding hydrogens is 262 g/mol. The van der Waals surface area contributed by atoms with Gasteiger partial charge in [-0.15, -0.1) is 0 Å². The van der Waals surface area contributed by atoms with Crippen LogP contribution in [0.15, 0.2) is 28.7 Å². The van der Waals surface area contributed by atoms with Gasteiger partial charge in [-0.3, -0.25) is 5.84 Å². The number of nitrogens with zero attached hydrogens (tertiary/aromatic N) is 1. The highest BCUT2D eigenvalue weighted by atomic mass is 35.5. The predicted octanol–water partition coefficient (Wildman–Crippen LogP) is 2.93. The molecule has 0 saturated heterocycles. The average molecular weight is 282 g/mol. The van der Waals surface area contributed by atoms with Crippen LogP contribution in [-0.2, 0) is 0 Å². The van der Waals surface area contributed by atoms with Crippen molar-refractivity contribution in [3.63, 3.8) is 0 Å². The number of halogens is 1. The fourth-order valence-corrected chi connectivity index (χ4v) is 2.25. The lowest BCUT2D eigenvalue weighted by Gasteiger charge is -2.38. The first-order valence-corrected chi connectivity index (χ1v) is 6.56. The lowest BCUT2D eigenvalue weighted by atomic mass is 9.91. The second-order valence-corrected chi connectivity index (χ2v) is 5.92. The molecule has 0 aliphatic rings. The molecule has 0 aliphatic carbocycles. The Kier molecular flexibility index (Phi) is 3.87. The smallest absolute Gasteiger partial charge is 0.134 e. The van der Waals surface area contributed by atoms with Crippen LogP contribution in [0.1, 0.15) is 25.6 Å². The third-order valence-corrected chi connectivity index (χ3v) is 4.04. The van der Waals surface area contributed by atoms with E-state index in [0.717, 1.165) is 16.7 Å². The standard InChI is InChI=1S/C14H20ClN3O/c1-14(2,18(3)4)13(17-16)12-8-9-7-10(15)5-6-11(9)19-12/h5-8,13,17H,16H2,1-4H3. The van der Waals surface area contributed by atoms with Crippen LogP contribution in [0.25, 0.3) is 11.0 Å². The third-order valence-electron chi connectivity index (χ3n) is 3.81. The SMILES string of the molecule is CN(C)C(C)(C)C(NN)c1cc2cc(Cl)ccc2o1. The zero-order valence-corrected chi connectivity index (χ0v) is 12.5. The number of rotatable bonds is 4. The van der Waals surface area contributed by atoms with Crippen LogP contribution < -0.4 is 11.3 Å². The molecule has 19 heavy (non-hydrogen) atoms. The molecule has 0 aliphatic heterocycles. The summed E-state index contributed by atoms with van der Waals surface area (Å²) >= 11 is 5.99. The van der Waals surface area contributed by atoms with Gasteiger partial charge in [0.25, 0.3) is 0 Å². The molecule has 0 bridgehead atoms. The summed E-state index contributed by atoms with van der Waals surface area (Å²) in [5.41, 5.74) is 3.47. The van der Waals surface area contributed by atoms with E-state index in [2.05, 4.69) is 24.2 Å². The van der Waals surface area contributed by atoms with Crippen LogP contribution in [0.5, 0.6) is 0 Å². The molecule has 2 aromatic rings. The van der Waals surface area contributed by atoms with E-state index in [9.17, 15) is 0 Å². The predicted molar refractivity (Wildman–Crippen MR) is 79.1 cm³/mol. The van der Waals surface area contributed by atoms with Crippen LogP contribution in [0.2, 0.25) is 5.02 Å². The second-order valence-electron chi connectivity index (χ2n) is 5.48. The van der Waals surface area contributed by atoms with Crippen LogP contribution in [0.4, 0.5) is 0 Å². The fraction of sp³-hybridized carbons (Fsp3) is 0.429. The van der Waals surface area contributed by atoms with Crippen LogP contribution >= 0.6 is 11.6 Å². The molecule has 0 fully saturated rings. The first-order valence-electron chi connectivity index (χ1n) is 6.19. The van der Waals surface area contributed by atoms with Crippen molar-refractivity contribution in [2.45, 2.75) is 25.4 Å². The zero-order chi connectivity index (χ0) is 14.2. The van der Waals surface area contributed by atoms with Crippen molar-refractivity contribution in [1.82, 2.24) is 10.3 Å². The molecule has 3 N–H and O–H groups in total. The van der Waals surface area contributed by atoms with Crippen molar-refractivity contribution < 1.29 is 4.42 Å². The van der Waals surface area contributed by atoms with E-state index >= 15 is 0 Å². The van der Waals surface area contributed by atoms with E-state index in [0.29, 0.717) is 5.02 Å². The van der Waals surface area contributed by atoms with Gasteiger partial charge in [-0.05, 0) is 52.2 Å². The summed E-state index contributed by atoms with van der Waals surface area (Å²) in [5, 5.41) is 1.68. The second kappa shape index (κ2) is 5.13. The molecule has 0 amide bonds. The van der Waals surface area contributed by atoms with Gasteiger partial charge in [0.1, 0.15) is 11.3 Å². The minimum atomic E-state index is -0.188. The summed E-state index contributed by atoms with van der Waals surface area (Å²) < 4.78 is 5.88. The van der Waals surface area contributed by atoms with Crippen molar-refractivity contribution in [2.24, 2.45) is 5.84 Å². The number of hydrogen-bond donors (Lipinski definition) is 2. The highest BCUT2D eigenvalue weighted by molar-refractivity contribution is 6.31. The first kappa shape index (κ1) is 14.3. The molecule has 1 unspecified atom stereocenters. The van der Waals surface area contributed by atoms with Gasteiger partial charge in [-0.25, -0.2) is 5.43 Å². The molecule has 1 heterocycles. The van der Waals surface area contributed by atoms with Crippen molar-refractivity contribution in [1.29, 1.82) is 0 Å². The zero-order valence-electron chi connectivity index (χ0n) is 11.7. The molecule has 4 nitrogen and oxygen atoms in total. The number of nitrogens with two attached hydrogens (primary N) is 1. The molecular formula is C14H20ClN3O. The maximum Gasteiger partial charge on any atom is 0.134 e. The lowest BCUT2D eigenvalue weighted by Crippen LogP contribution is -2.51. The maximum atomic E-state index is 5.99. The van der Waals surface area contributed by atoms with Gasteiger partial charge in [-0.2, -0.15) is 0 Å². The Morgan fingerprint density at radius 2 is 2.00 bits per heavy atom. The van der Waals surface area contributed by atoms with Crippen molar-refractivity contribution in [3.05, 3.63) is 35.0 Å². The molecule has 104 valence electrons. The maximum absolute atomic E-state index is 5.99. The molecule has 1 aromatic heterocycles. The highest BCUT2D eigenvalue weighted by Crippen LogP contribution is 2.33. The highest BCUT2D eigenvalue weighted by Gasteiger charge is 2.34. The summed E-state index contributed by atoms with van der Waals surface area (Å²) in [6.07, 6.45) is 0. The van der Waals surface area contributed by atoms with E-state index in [4.69, 9.17) is 21.9 Å². The Morgan fingerprint density at radius 1 is 1.32 bits per heavy atom. The number of benzene rings is 1. The third kappa shape index (κ3) is 2.62. The Balaban J connectivity index is 2.46. The van der Waals surface area contributed by atoms with E-state index in [1.165, 1.54) is 0 Å². The Labute approximate surface area is 118 Å². The van der Waals surface area contributed by atoms with Crippen molar-refractivity contribution in [3.8, 4) is 0 Å². The lowest BCUT2D eigenvalue weighted by molar-refractivity contribution is 0.126. The van der Waals surface area contributed by atoms with E-state index < -0.39 is 0 Å². The van der Waals surface area contributed by atoms with Crippen LogP contribution in [0, 0.1) is 0 Å². The number of hydrazine groups is 1. The molecule has 1 atom stereocenters. The van der Waals surface area contributed by atoms with Crippen LogP contribution in [-0.4, -0.2) is 24.5 Å². The van der Waals surface area contributed by atoms with Gasteiger partial charge in [-0.1, -0.05) is 11.6 Å². The van der Waals surface area contributed by atoms with Crippen molar-refractivity contribution in [2.75, 3.05) is 14.1 Å². The van der Waals surface area contributed by atoms with Crippen molar-refractivity contribution >= 4 is 22.6 Å². The molecule has 0 saturated carbocycles. The largest absolute Gasteiger partial charge is 0.459 e. The first-order chi connectivity index (χ1) is 8.86. The summed E-state index contributed by atoms with van der Waals surface area (Å²) in [7, 11) is 4.04. The normalized spacial score (nSPS) is 14.3. The molecule has 0 spiro atoms. The fourth-order valence-electron chi connectivity index (χ4n) is 2.07.